The van der Waals surface area contributed by atoms with Crippen molar-refractivity contribution in [2.24, 2.45) is 11.8 Å². The van der Waals surface area contributed by atoms with Crippen LogP contribution in [0.25, 0.3) is 0 Å². The summed E-state index contributed by atoms with van der Waals surface area (Å²) >= 11 is 5.99. The number of anilines is 1. The molecule has 2 N–H and O–H groups in total. The number of nitrogens with zero attached hydrogens (tertiary/aromatic N) is 2. The number of carboxylic acid groups (broad SMARTS) is 1. The number of aliphatic hydroxyl groups excluding tert-OH is 1. The van der Waals surface area contributed by atoms with E-state index < -0.39 is 46.9 Å². The fraction of sp³-hybridized carbons (Fsp3) is 0.500. The Morgan fingerprint density at radius 2 is 2.03 bits per heavy atom. The highest BCUT2D eigenvalue weighted by Crippen LogP contribution is 2.63. The van der Waals surface area contributed by atoms with E-state index in [1.807, 2.05) is 0 Å². The highest BCUT2D eigenvalue weighted by atomic mass is 35.5. The third-order valence-electron chi connectivity index (χ3n) is 6.83. The maximum atomic E-state index is 13.9. The lowest BCUT2D eigenvalue weighted by molar-refractivity contribution is -0.154. The molecule has 8 nitrogen and oxygen atoms in total. The van der Waals surface area contributed by atoms with Gasteiger partial charge in [0.25, 0.3) is 5.91 Å². The molecule has 0 saturated carbocycles. The van der Waals surface area contributed by atoms with E-state index in [1.54, 1.807) is 37.3 Å². The van der Waals surface area contributed by atoms with E-state index in [9.17, 15) is 24.6 Å². The molecule has 1 aromatic carbocycles. The highest BCUT2D eigenvalue weighted by molar-refractivity contribution is 6.30. The second-order valence-corrected chi connectivity index (χ2v) is 8.97. The summed E-state index contributed by atoms with van der Waals surface area (Å²) in [5.41, 5.74) is -1.69. The number of carboxylic acids is 1. The van der Waals surface area contributed by atoms with Crippen molar-refractivity contribution in [2.45, 2.75) is 37.0 Å². The number of hydrogen-bond donors (Lipinski definition) is 2. The largest absolute Gasteiger partial charge is 0.481 e. The van der Waals surface area contributed by atoms with Gasteiger partial charge in [0.15, 0.2) is 0 Å². The van der Waals surface area contributed by atoms with E-state index in [-0.39, 0.29) is 19.7 Å². The first-order valence-corrected chi connectivity index (χ1v) is 10.6. The second-order valence-electron chi connectivity index (χ2n) is 8.53. The van der Waals surface area contributed by atoms with Gasteiger partial charge in [-0.05, 0) is 44.0 Å². The maximum absolute atomic E-state index is 13.9. The molecule has 2 unspecified atom stereocenters. The molecule has 9 heteroatoms. The number of amides is 2. The quantitative estimate of drug-likeness (QED) is 0.615. The molecule has 5 atom stereocenters. The van der Waals surface area contributed by atoms with Gasteiger partial charge in [-0.15, -0.1) is 6.58 Å². The normalized spacial score (nSPS) is 33.5. The van der Waals surface area contributed by atoms with E-state index in [0.717, 1.165) is 0 Å². The van der Waals surface area contributed by atoms with Crippen LogP contribution in [0.5, 0.6) is 0 Å². The van der Waals surface area contributed by atoms with Crippen LogP contribution in [0.2, 0.25) is 5.02 Å². The lowest BCUT2D eigenvalue weighted by atomic mass is 9.66. The van der Waals surface area contributed by atoms with Gasteiger partial charge in [-0.3, -0.25) is 14.4 Å². The summed E-state index contributed by atoms with van der Waals surface area (Å²) in [6.45, 7) is 5.18. The van der Waals surface area contributed by atoms with Gasteiger partial charge in [0.1, 0.15) is 11.6 Å². The molecule has 166 valence electrons. The Morgan fingerprint density at radius 1 is 1.35 bits per heavy atom. The minimum Gasteiger partial charge on any atom is -0.481 e. The number of hydrogen-bond acceptors (Lipinski definition) is 5. The molecule has 0 radical (unpaired) electrons. The van der Waals surface area contributed by atoms with Crippen LogP contribution in [0.4, 0.5) is 5.69 Å². The SMILES string of the molecule is C=CCN(C(=O)C1N(CCO)C(=O)[C@@H]2[C@H](C(=O)O)[C@]3(C)CCC12O3)c1ccc(Cl)cc1. The van der Waals surface area contributed by atoms with Crippen molar-refractivity contribution in [3.63, 3.8) is 0 Å². The molecule has 3 fully saturated rings. The van der Waals surface area contributed by atoms with Gasteiger partial charge in [-0.2, -0.15) is 0 Å². The minimum absolute atomic E-state index is 0.0809. The summed E-state index contributed by atoms with van der Waals surface area (Å²) < 4.78 is 6.29. The Labute approximate surface area is 185 Å². The van der Waals surface area contributed by atoms with Gasteiger partial charge < -0.3 is 24.7 Å². The lowest BCUT2D eigenvalue weighted by Crippen LogP contribution is -2.56. The molecule has 2 amide bonds. The number of ether oxygens (including phenoxy) is 1. The zero-order valence-corrected chi connectivity index (χ0v) is 17.9. The number of aliphatic carboxylic acids is 1. The third kappa shape index (κ3) is 3.08. The van der Waals surface area contributed by atoms with Crippen LogP contribution in [0.15, 0.2) is 36.9 Å². The number of carbonyl (C=O) groups excluding carboxylic acids is 2. The molecule has 0 aromatic heterocycles. The molecule has 1 aromatic rings. The number of carbonyl (C=O) groups is 3. The van der Waals surface area contributed by atoms with E-state index in [4.69, 9.17) is 16.3 Å². The fourth-order valence-corrected chi connectivity index (χ4v) is 5.78. The molecule has 3 aliphatic rings. The summed E-state index contributed by atoms with van der Waals surface area (Å²) in [5.74, 6) is -3.99. The molecular formula is C22H25ClN2O6. The highest BCUT2D eigenvalue weighted by Gasteiger charge is 2.78. The number of benzene rings is 1. The number of rotatable bonds is 7. The number of likely N-dealkylation sites (tertiary alicyclic amines) is 1. The second kappa shape index (κ2) is 7.62. The van der Waals surface area contributed by atoms with Crippen molar-refractivity contribution < 1.29 is 29.3 Å². The number of fused-ring (bicyclic) bond motifs is 1. The molecule has 3 aliphatic heterocycles. The zero-order chi connectivity index (χ0) is 22.6. The molecule has 1 spiro atoms. The Kier molecular flexibility index (Phi) is 5.36. The van der Waals surface area contributed by atoms with Crippen molar-refractivity contribution in [1.29, 1.82) is 0 Å². The Bertz CT molecular complexity index is 936. The van der Waals surface area contributed by atoms with Crippen LogP contribution in [-0.2, 0) is 19.1 Å². The minimum atomic E-state index is -1.24. The zero-order valence-electron chi connectivity index (χ0n) is 17.2. The predicted octanol–water partition coefficient (Wildman–Crippen LogP) is 1.70. The van der Waals surface area contributed by atoms with Crippen molar-refractivity contribution in [3.05, 3.63) is 41.9 Å². The van der Waals surface area contributed by atoms with Crippen LogP contribution >= 0.6 is 11.6 Å². The van der Waals surface area contributed by atoms with Crippen molar-refractivity contribution in [1.82, 2.24) is 4.90 Å². The standard InChI is InChI=1S/C22H25ClN2O6/c1-3-10-24(14-6-4-13(23)5-7-14)19(28)17-22-9-8-21(2,31-22)16(20(29)30)15(22)18(27)25(17)11-12-26/h3-7,15-17,26H,1,8-12H2,2H3,(H,29,30)/t15-,16+,17?,21-,22?/m0/s1. The van der Waals surface area contributed by atoms with Gasteiger partial charge in [-0.25, -0.2) is 0 Å². The first-order chi connectivity index (χ1) is 14.7. The van der Waals surface area contributed by atoms with Gasteiger partial charge in [-0.1, -0.05) is 17.7 Å². The average molecular weight is 449 g/mol. The Hall–Kier alpha value is -2.42. The number of aliphatic hydroxyl groups is 1. The summed E-state index contributed by atoms with van der Waals surface area (Å²) in [4.78, 5) is 42.1. The van der Waals surface area contributed by atoms with E-state index in [2.05, 4.69) is 6.58 Å². The van der Waals surface area contributed by atoms with Crippen LogP contribution in [-0.4, -0.2) is 69.8 Å². The van der Waals surface area contributed by atoms with Crippen LogP contribution in [0, 0.1) is 11.8 Å². The first-order valence-electron chi connectivity index (χ1n) is 10.2. The topological polar surface area (TPSA) is 107 Å². The Morgan fingerprint density at radius 3 is 2.61 bits per heavy atom. The molecule has 4 rings (SSSR count). The van der Waals surface area contributed by atoms with E-state index >= 15 is 0 Å². The summed E-state index contributed by atoms with van der Waals surface area (Å²) in [5, 5.41) is 20.0. The molecular weight excluding hydrogens is 424 g/mol. The lowest BCUT2D eigenvalue weighted by Gasteiger charge is -2.36. The van der Waals surface area contributed by atoms with Crippen LogP contribution < -0.4 is 4.90 Å². The fourth-order valence-electron chi connectivity index (χ4n) is 5.65. The third-order valence-corrected chi connectivity index (χ3v) is 7.09. The van der Waals surface area contributed by atoms with Gasteiger partial charge in [0, 0.05) is 23.8 Å². The molecule has 2 bridgehead atoms. The van der Waals surface area contributed by atoms with Crippen molar-refractivity contribution >= 4 is 35.1 Å². The molecule has 3 heterocycles. The average Bonchev–Trinajstić information content (AvgIpc) is 3.28. The van der Waals surface area contributed by atoms with Crippen molar-refractivity contribution in [3.8, 4) is 0 Å². The van der Waals surface area contributed by atoms with Crippen LogP contribution in [0.3, 0.4) is 0 Å². The monoisotopic (exact) mass is 448 g/mol. The van der Waals surface area contributed by atoms with Gasteiger partial charge in [0.05, 0.1) is 24.0 Å². The van der Waals surface area contributed by atoms with E-state index in [1.165, 1.54) is 9.80 Å². The Balaban J connectivity index is 1.80. The summed E-state index contributed by atoms with van der Waals surface area (Å²) in [6.07, 6.45) is 2.40. The van der Waals surface area contributed by atoms with Crippen LogP contribution in [0.1, 0.15) is 19.8 Å². The molecule has 3 saturated heterocycles. The molecule has 0 aliphatic carbocycles. The van der Waals surface area contributed by atoms with E-state index in [0.29, 0.717) is 23.6 Å². The number of halogens is 1. The molecule has 31 heavy (non-hydrogen) atoms. The van der Waals surface area contributed by atoms with Gasteiger partial charge in [0.2, 0.25) is 5.91 Å². The van der Waals surface area contributed by atoms with Crippen molar-refractivity contribution in [2.75, 3.05) is 24.6 Å². The predicted molar refractivity (Wildman–Crippen MR) is 113 cm³/mol. The first kappa shape index (κ1) is 21.8. The number of β-amino-alcohol motifs (C(OH)–C–C–N with tert-alkyl or cyclic N) is 1. The summed E-state index contributed by atoms with van der Waals surface area (Å²) in [7, 11) is 0. The summed E-state index contributed by atoms with van der Waals surface area (Å²) in [6, 6.07) is 5.66. The maximum Gasteiger partial charge on any atom is 0.310 e. The van der Waals surface area contributed by atoms with Gasteiger partial charge >= 0.3 is 5.97 Å². The smallest absolute Gasteiger partial charge is 0.310 e.